The number of aromatic nitrogens is 2. The molecule has 1 saturated heterocycles. The maximum atomic E-state index is 12.9. The molecule has 4 heterocycles. The number of hydrogen-bond donors (Lipinski definition) is 1. The fraction of sp³-hybridized carbons (Fsp3) is 0.520. The van der Waals surface area contributed by atoms with Gasteiger partial charge in [0.1, 0.15) is 0 Å². The van der Waals surface area contributed by atoms with Crippen molar-refractivity contribution in [3.63, 3.8) is 0 Å². The fourth-order valence-electron chi connectivity index (χ4n) is 5.32. The third kappa shape index (κ3) is 5.05. The van der Waals surface area contributed by atoms with Crippen molar-refractivity contribution in [2.45, 2.75) is 51.5 Å². The van der Waals surface area contributed by atoms with Crippen molar-refractivity contribution < 1.29 is 4.79 Å². The van der Waals surface area contributed by atoms with Crippen LogP contribution >= 0.6 is 23.7 Å². The largest absolute Gasteiger partial charge is 0.339 e. The van der Waals surface area contributed by atoms with E-state index < -0.39 is 0 Å². The molecular weight excluding hydrogens is 456 g/mol. The van der Waals surface area contributed by atoms with Crippen LogP contribution in [-0.2, 0) is 6.42 Å². The molecule has 0 radical (unpaired) electrons. The number of hydrogen-bond acceptors (Lipinski definition) is 4. The third-order valence-electron chi connectivity index (χ3n) is 6.98. The first-order valence-corrected chi connectivity index (χ1v) is 12.7. The Hall–Kier alpha value is -2.09. The summed E-state index contributed by atoms with van der Waals surface area (Å²) in [6.07, 6.45) is 6.27. The number of thiophene rings is 1. The van der Waals surface area contributed by atoms with Crippen molar-refractivity contribution >= 4 is 40.7 Å². The van der Waals surface area contributed by atoms with Crippen LogP contribution in [0.5, 0.6) is 0 Å². The molecule has 1 aromatic carbocycles. The highest BCUT2D eigenvalue weighted by atomic mass is 35.5. The van der Waals surface area contributed by atoms with Gasteiger partial charge in [0.05, 0.1) is 16.6 Å². The Balaban J connectivity index is 0.00000259. The van der Waals surface area contributed by atoms with Gasteiger partial charge in [-0.15, -0.1) is 23.7 Å². The van der Waals surface area contributed by atoms with Gasteiger partial charge in [0.15, 0.2) is 0 Å². The molecule has 0 unspecified atom stereocenters. The Morgan fingerprint density at radius 1 is 1.06 bits per heavy atom. The van der Waals surface area contributed by atoms with Crippen molar-refractivity contribution in [3.8, 4) is 0 Å². The average molecular weight is 489 g/mol. The number of carbonyl (C=O) groups excluding carboxylic acids is 1. The van der Waals surface area contributed by atoms with Crippen molar-refractivity contribution in [2.75, 3.05) is 32.7 Å². The first kappa shape index (κ1) is 24.0. The van der Waals surface area contributed by atoms with Crippen LogP contribution in [0.2, 0.25) is 0 Å². The summed E-state index contributed by atoms with van der Waals surface area (Å²) < 4.78 is 1.96. The standard InChI is InChI=1S/C25H32N4O2S.ClH/c1-18-17-20-23(32-18)9-6-14-28(24(20)30)13-5-4-12-27-15-10-19(11-16-27)29-22-8-3-2-7-21(22)26-25(29)31;/h2-3,7-8,17,19H,4-6,9-16H2,1H3,(H,26,31);1H. The van der Waals surface area contributed by atoms with E-state index in [1.807, 2.05) is 28.8 Å². The number of nitrogens with one attached hydrogen (secondary N) is 1. The van der Waals surface area contributed by atoms with E-state index in [1.165, 1.54) is 9.75 Å². The fourth-order valence-corrected chi connectivity index (χ4v) is 6.39. The number of unbranched alkanes of at least 4 members (excludes halogenated alkanes) is 1. The number of piperidine rings is 1. The number of fused-ring (bicyclic) bond motifs is 2. The second-order valence-corrected chi connectivity index (χ2v) is 10.5. The zero-order valence-corrected chi connectivity index (χ0v) is 20.8. The second kappa shape index (κ2) is 10.5. The van der Waals surface area contributed by atoms with Crippen molar-refractivity contribution in [2.24, 2.45) is 0 Å². The van der Waals surface area contributed by atoms with Crippen LogP contribution in [0.25, 0.3) is 11.0 Å². The minimum absolute atomic E-state index is 0. The van der Waals surface area contributed by atoms with Crippen LogP contribution in [0.4, 0.5) is 0 Å². The molecular formula is C25H33ClN4O2S. The molecule has 0 bridgehead atoms. The number of benzene rings is 1. The minimum atomic E-state index is 0. The summed E-state index contributed by atoms with van der Waals surface area (Å²) in [6.45, 7) is 6.95. The summed E-state index contributed by atoms with van der Waals surface area (Å²) in [5, 5.41) is 0. The first-order valence-electron chi connectivity index (χ1n) is 11.9. The third-order valence-corrected chi connectivity index (χ3v) is 8.09. The number of aromatic amines is 1. The molecule has 33 heavy (non-hydrogen) atoms. The van der Waals surface area contributed by atoms with Crippen LogP contribution in [-0.4, -0.2) is 58.0 Å². The molecule has 2 aliphatic rings. The zero-order valence-electron chi connectivity index (χ0n) is 19.2. The van der Waals surface area contributed by atoms with Gasteiger partial charge in [-0.3, -0.25) is 9.36 Å². The maximum Gasteiger partial charge on any atom is 0.326 e. The average Bonchev–Trinajstić information content (AvgIpc) is 3.29. The van der Waals surface area contributed by atoms with E-state index >= 15 is 0 Å². The van der Waals surface area contributed by atoms with Gasteiger partial charge in [-0.05, 0) is 70.2 Å². The van der Waals surface area contributed by atoms with E-state index in [4.69, 9.17) is 0 Å². The van der Waals surface area contributed by atoms with E-state index in [2.05, 4.69) is 27.8 Å². The number of rotatable bonds is 6. The van der Waals surface area contributed by atoms with E-state index in [9.17, 15) is 9.59 Å². The molecule has 2 aliphatic heterocycles. The van der Waals surface area contributed by atoms with Gasteiger partial charge >= 0.3 is 5.69 Å². The Morgan fingerprint density at radius 3 is 2.64 bits per heavy atom. The molecule has 0 atom stereocenters. The Bertz CT molecular complexity index is 1160. The van der Waals surface area contributed by atoms with Gasteiger partial charge in [0.2, 0.25) is 0 Å². The van der Waals surface area contributed by atoms with Gasteiger partial charge in [0, 0.05) is 42.0 Å². The van der Waals surface area contributed by atoms with E-state index in [0.717, 1.165) is 87.8 Å². The number of carbonyl (C=O) groups is 1. The SMILES string of the molecule is Cc1cc2c(s1)CCCN(CCCCN1CCC(n3c(=O)[nH]c4ccccc43)CC1)C2=O.Cl. The highest BCUT2D eigenvalue weighted by molar-refractivity contribution is 7.12. The number of amides is 1. The van der Waals surface area contributed by atoms with Gasteiger partial charge in [-0.1, -0.05) is 12.1 Å². The number of imidazole rings is 1. The molecule has 5 rings (SSSR count). The topological polar surface area (TPSA) is 61.3 Å². The molecule has 6 nitrogen and oxygen atoms in total. The van der Waals surface area contributed by atoms with Crippen molar-refractivity contribution in [3.05, 3.63) is 56.1 Å². The molecule has 1 N–H and O–H groups in total. The Labute approximate surface area is 205 Å². The Kier molecular flexibility index (Phi) is 7.62. The molecule has 0 spiro atoms. The lowest BCUT2D eigenvalue weighted by molar-refractivity contribution is 0.0755. The molecule has 1 fully saturated rings. The van der Waals surface area contributed by atoms with Gasteiger partial charge in [-0.2, -0.15) is 0 Å². The lowest BCUT2D eigenvalue weighted by atomic mass is 10.0. The summed E-state index contributed by atoms with van der Waals surface area (Å²) >= 11 is 1.78. The number of aryl methyl sites for hydroxylation is 2. The van der Waals surface area contributed by atoms with Crippen molar-refractivity contribution in [1.29, 1.82) is 0 Å². The maximum absolute atomic E-state index is 12.9. The second-order valence-electron chi connectivity index (χ2n) is 9.19. The summed E-state index contributed by atoms with van der Waals surface area (Å²) in [5.74, 6) is 0.229. The van der Waals surface area contributed by atoms with E-state index in [-0.39, 0.29) is 30.0 Å². The molecule has 1 amide bonds. The van der Waals surface area contributed by atoms with Gasteiger partial charge in [-0.25, -0.2) is 4.79 Å². The zero-order chi connectivity index (χ0) is 22.1. The molecule has 0 saturated carbocycles. The van der Waals surface area contributed by atoms with E-state index in [1.54, 1.807) is 11.3 Å². The number of halogens is 1. The lowest BCUT2D eigenvalue weighted by Crippen LogP contribution is -2.38. The van der Waals surface area contributed by atoms with Crippen LogP contribution in [0.1, 0.15) is 58.3 Å². The predicted molar refractivity (Wildman–Crippen MR) is 137 cm³/mol. The lowest BCUT2D eigenvalue weighted by Gasteiger charge is -2.32. The quantitative estimate of drug-likeness (QED) is 0.515. The van der Waals surface area contributed by atoms with Crippen LogP contribution in [0.15, 0.2) is 35.1 Å². The number of likely N-dealkylation sites (tertiary alicyclic amines) is 1. The normalized spacial score (nSPS) is 17.7. The highest BCUT2D eigenvalue weighted by Gasteiger charge is 2.25. The van der Waals surface area contributed by atoms with Crippen LogP contribution in [0.3, 0.4) is 0 Å². The Morgan fingerprint density at radius 2 is 1.82 bits per heavy atom. The molecule has 3 aromatic rings. The first-order chi connectivity index (χ1) is 15.6. The molecule has 178 valence electrons. The molecule has 8 heteroatoms. The minimum Gasteiger partial charge on any atom is -0.339 e. The van der Waals surface area contributed by atoms with Crippen LogP contribution < -0.4 is 5.69 Å². The molecule has 0 aliphatic carbocycles. The van der Waals surface area contributed by atoms with Crippen molar-refractivity contribution in [1.82, 2.24) is 19.4 Å². The van der Waals surface area contributed by atoms with Crippen LogP contribution in [0, 0.1) is 6.92 Å². The summed E-state index contributed by atoms with van der Waals surface area (Å²) in [7, 11) is 0. The number of H-pyrrole nitrogens is 1. The predicted octanol–water partition coefficient (Wildman–Crippen LogP) is 4.63. The summed E-state index contributed by atoms with van der Waals surface area (Å²) in [5.41, 5.74) is 2.89. The van der Waals surface area contributed by atoms with Gasteiger partial charge in [0.25, 0.3) is 5.91 Å². The molecule has 2 aromatic heterocycles. The van der Waals surface area contributed by atoms with Gasteiger partial charge < -0.3 is 14.8 Å². The number of nitrogens with zero attached hydrogens (tertiary/aromatic N) is 3. The monoisotopic (exact) mass is 488 g/mol. The highest BCUT2D eigenvalue weighted by Crippen LogP contribution is 2.28. The smallest absolute Gasteiger partial charge is 0.326 e. The summed E-state index contributed by atoms with van der Waals surface area (Å²) in [4.78, 5) is 35.5. The summed E-state index contributed by atoms with van der Waals surface area (Å²) in [6, 6.07) is 10.3. The number of para-hydroxylation sites is 2. The van der Waals surface area contributed by atoms with E-state index in [0.29, 0.717) is 0 Å².